The van der Waals surface area contributed by atoms with Gasteiger partial charge in [0.2, 0.25) is 11.8 Å². The van der Waals surface area contributed by atoms with Gasteiger partial charge in [0.05, 0.1) is 0 Å². The first-order chi connectivity index (χ1) is 15.6. The summed E-state index contributed by atoms with van der Waals surface area (Å²) in [5.74, 6) is -0.122. The average molecular weight is 428 g/mol. The zero-order chi connectivity index (χ0) is 22.3. The second-order valence-electron chi connectivity index (χ2n) is 8.37. The number of carbonyl (C=O) groups is 2. The number of para-hydroxylation sites is 1. The Morgan fingerprint density at radius 3 is 2.50 bits per heavy atom. The van der Waals surface area contributed by atoms with Gasteiger partial charge in [-0.05, 0) is 53.6 Å². The van der Waals surface area contributed by atoms with Gasteiger partial charge in [-0.15, -0.1) is 0 Å². The molecule has 164 valence electrons. The number of carbonyl (C=O) groups excluding carboxylic acids is 2. The summed E-state index contributed by atoms with van der Waals surface area (Å²) in [6, 6.07) is 20.2. The Kier molecular flexibility index (Phi) is 6.95. The number of hydrogen-bond acceptors (Lipinski definition) is 3. The molecule has 1 aromatic heterocycles. The fourth-order valence-electron chi connectivity index (χ4n) is 4.15. The molecule has 1 atom stereocenters. The van der Waals surface area contributed by atoms with E-state index in [0.29, 0.717) is 32.4 Å². The van der Waals surface area contributed by atoms with Crippen LogP contribution in [0.4, 0.5) is 5.69 Å². The van der Waals surface area contributed by atoms with Crippen LogP contribution in [0.25, 0.3) is 0 Å². The number of hydrogen-bond donors (Lipinski definition) is 1. The molecule has 0 fully saturated rings. The number of pyridine rings is 1. The minimum atomic E-state index is -0.182. The highest BCUT2D eigenvalue weighted by atomic mass is 16.2. The maximum atomic E-state index is 13.2. The zero-order valence-corrected chi connectivity index (χ0v) is 18.5. The molecule has 0 saturated carbocycles. The van der Waals surface area contributed by atoms with E-state index >= 15 is 0 Å². The molecular formula is C27H29N3O2. The molecule has 4 rings (SSSR count). The van der Waals surface area contributed by atoms with Crippen LogP contribution in [0.1, 0.15) is 42.0 Å². The molecule has 3 aromatic rings. The summed E-state index contributed by atoms with van der Waals surface area (Å²) in [6.07, 6.45) is 6.08. The van der Waals surface area contributed by atoms with Crippen molar-refractivity contribution < 1.29 is 9.59 Å². The largest absolute Gasteiger partial charge is 0.334 e. The number of fused-ring (bicyclic) bond motifs is 1. The lowest BCUT2D eigenvalue weighted by atomic mass is 9.89. The van der Waals surface area contributed by atoms with Crippen LogP contribution in [-0.4, -0.2) is 21.7 Å². The summed E-state index contributed by atoms with van der Waals surface area (Å²) >= 11 is 0. The molecule has 0 saturated heterocycles. The van der Waals surface area contributed by atoms with Crippen LogP contribution in [0.3, 0.4) is 0 Å². The number of amides is 2. The number of benzene rings is 2. The van der Waals surface area contributed by atoms with Crippen molar-refractivity contribution >= 4 is 17.5 Å². The van der Waals surface area contributed by atoms with E-state index in [2.05, 4.69) is 41.5 Å². The molecule has 5 heteroatoms. The Hall–Kier alpha value is -3.47. The molecule has 0 aliphatic carbocycles. The molecule has 0 spiro atoms. The SMILES string of the molecule is CCc1ccc(CN(Cc2cccnc2)C(=O)CC[C@H]2Cc3ccccc3NC2=O)cc1. The highest BCUT2D eigenvalue weighted by molar-refractivity contribution is 5.96. The van der Waals surface area contributed by atoms with E-state index in [1.807, 2.05) is 41.3 Å². The minimum absolute atomic E-state index is 0.00506. The Bertz CT molecular complexity index is 1060. The summed E-state index contributed by atoms with van der Waals surface area (Å²) in [7, 11) is 0. The Labute approximate surface area is 189 Å². The van der Waals surface area contributed by atoms with Crippen LogP contribution in [-0.2, 0) is 35.5 Å². The number of aryl methyl sites for hydroxylation is 1. The van der Waals surface area contributed by atoms with Crippen LogP contribution >= 0.6 is 0 Å². The highest BCUT2D eigenvalue weighted by Crippen LogP contribution is 2.28. The van der Waals surface area contributed by atoms with E-state index in [1.54, 1.807) is 12.4 Å². The smallest absolute Gasteiger partial charge is 0.227 e. The van der Waals surface area contributed by atoms with Crippen molar-refractivity contribution in [3.8, 4) is 0 Å². The summed E-state index contributed by atoms with van der Waals surface area (Å²) in [6.45, 7) is 3.17. The predicted molar refractivity (Wildman–Crippen MR) is 126 cm³/mol. The zero-order valence-electron chi connectivity index (χ0n) is 18.5. The maximum absolute atomic E-state index is 13.2. The quantitative estimate of drug-likeness (QED) is 0.564. The van der Waals surface area contributed by atoms with Crippen molar-refractivity contribution in [1.29, 1.82) is 0 Å². The first-order valence-electron chi connectivity index (χ1n) is 11.3. The Morgan fingerprint density at radius 1 is 1.00 bits per heavy atom. The fraction of sp³-hybridized carbons (Fsp3) is 0.296. The Morgan fingerprint density at radius 2 is 1.75 bits per heavy atom. The van der Waals surface area contributed by atoms with E-state index in [-0.39, 0.29) is 17.7 Å². The van der Waals surface area contributed by atoms with E-state index in [9.17, 15) is 9.59 Å². The molecular weight excluding hydrogens is 398 g/mol. The Balaban J connectivity index is 1.43. The topological polar surface area (TPSA) is 62.3 Å². The molecule has 2 aromatic carbocycles. The van der Waals surface area contributed by atoms with Gasteiger partial charge in [-0.2, -0.15) is 0 Å². The number of aromatic nitrogens is 1. The van der Waals surface area contributed by atoms with Crippen molar-refractivity contribution in [2.24, 2.45) is 5.92 Å². The third-order valence-electron chi connectivity index (χ3n) is 6.07. The lowest BCUT2D eigenvalue weighted by Gasteiger charge is -2.26. The molecule has 1 aliphatic rings. The number of anilines is 1. The second-order valence-corrected chi connectivity index (χ2v) is 8.37. The molecule has 2 amide bonds. The van der Waals surface area contributed by atoms with Gasteiger partial charge in [0.1, 0.15) is 0 Å². The molecule has 2 heterocycles. The third-order valence-corrected chi connectivity index (χ3v) is 6.07. The fourth-order valence-corrected chi connectivity index (χ4v) is 4.15. The first kappa shape index (κ1) is 21.8. The molecule has 5 nitrogen and oxygen atoms in total. The number of nitrogens with one attached hydrogen (secondary N) is 1. The average Bonchev–Trinajstić information content (AvgIpc) is 2.83. The third kappa shape index (κ3) is 5.41. The molecule has 0 unspecified atom stereocenters. The molecule has 0 bridgehead atoms. The number of nitrogens with zero attached hydrogens (tertiary/aromatic N) is 2. The van der Waals surface area contributed by atoms with Crippen molar-refractivity contribution in [2.75, 3.05) is 5.32 Å². The molecule has 1 N–H and O–H groups in total. The summed E-state index contributed by atoms with van der Waals surface area (Å²) in [5.41, 5.74) is 5.39. The van der Waals surface area contributed by atoms with Crippen LogP contribution < -0.4 is 5.32 Å². The van der Waals surface area contributed by atoms with Crippen LogP contribution in [0.2, 0.25) is 0 Å². The standard InChI is InChI=1S/C27H29N3O2/c1-2-20-9-11-21(12-10-20)18-30(19-22-6-5-15-28-17-22)26(31)14-13-24-16-23-7-3-4-8-25(23)29-27(24)32/h3-12,15,17,24H,2,13-14,16,18-19H2,1H3,(H,29,32)/t24-/m0/s1. The minimum Gasteiger partial charge on any atom is -0.334 e. The van der Waals surface area contributed by atoms with E-state index in [0.717, 1.165) is 28.8 Å². The van der Waals surface area contributed by atoms with Gasteiger partial charge in [0.25, 0.3) is 0 Å². The van der Waals surface area contributed by atoms with Crippen molar-refractivity contribution in [3.05, 3.63) is 95.3 Å². The van der Waals surface area contributed by atoms with Crippen LogP contribution in [0.5, 0.6) is 0 Å². The lowest BCUT2D eigenvalue weighted by Crippen LogP contribution is -2.33. The van der Waals surface area contributed by atoms with Crippen molar-refractivity contribution in [3.63, 3.8) is 0 Å². The molecule has 32 heavy (non-hydrogen) atoms. The predicted octanol–water partition coefficient (Wildman–Crippen LogP) is 4.76. The lowest BCUT2D eigenvalue weighted by molar-refractivity contribution is -0.133. The molecule has 0 radical (unpaired) electrons. The van der Waals surface area contributed by atoms with E-state index in [1.165, 1.54) is 5.56 Å². The van der Waals surface area contributed by atoms with E-state index < -0.39 is 0 Å². The normalized spacial score (nSPS) is 15.0. The van der Waals surface area contributed by atoms with Gasteiger partial charge in [0.15, 0.2) is 0 Å². The number of rotatable bonds is 8. The highest BCUT2D eigenvalue weighted by Gasteiger charge is 2.27. The van der Waals surface area contributed by atoms with Gasteiger partial charge in [0, 0.05) is 43.5 Å². The van der Waals surface area contributed by atoms with Crippen LogP contribution in [0, 0.1) is 5.92 Å². The van der Waals surface area contributed by atoms with Gasteiger partial charge in [-0.1, -0.05) is 55.5 Å². The second kappa shape index (κ2) is 10.2. The van der Waals surface area contributed by atoms with Gasteiger partial charge in [-0.25, -0.2) is 0 Å². The van der Waals surface area contributed by atoms with E-state index in [4.69, 9.17) is 0 Å². The van der Waals surface area contributed by atoms with Crippen molar-refractivity contribution in [1.82, 2.24) is 9.88 Å². The van der Waals surface area contributed by atoms with Crippen LogP contribution in [0.15, 0.2) is 73.1 Å². The van der Waals surface area contributed by atoms with Crippen molar-refractivity contribution in [2.45, 2.75) is 45.7 Å². The first-order valence-corrected chi connectivity index (χ1v) is 11.3. The molecule has 1 aliphatic heterocycles. The van der Waals surface area contributed by atoms with Gasteiger partial charge in [-0.3, -0.25) is 14.6 Å². The summed E-state index contributed by atoms with van der Waals surface area (Å²) in [5, 5.41) is 2.98. The monoisotopic (exact) mass is 427 g/mol. The van der Waals surface area contributed by atoms with Gasteiger partial charge >= 0.3 is 0 Å². The summed E-state index contributed by atoms with van der Waals surface area (Å²) in [4.78, 5) is 31.8. The summed E-state index contributed by atoms with van der Waals surface area (Å²) < 4.78 is 0. The van der Waals surface area contributed by atoms with Gasteiger partial charge < -0.3 is 10.2 Å². The maximum Gasteiger partial charge on any atom is 0.227 e.